The predicted molar refractivity (Wildman–Crippen MR) is 87.5 cm³/mol. The molecule has 1 aliphatic carbocycles. The van der Waals surface area contributed by atoms with Crippen molar-refractivity contribution < 1.29 is 5.11 Å². The molecule has 0 bridgehead atoms. The van der Waals surface area contributed by atoms with Gasteiger partial charge in [0, 0.05) is 11.0 Å². The Balaban J connectivity index is 3.74. The quantitative estimate of drug-likeness (QED) is 0.699. The van der Waals surface area contributed by atoms with Crippen molar-refractivity contribution in [2.45, 2.75) is 87.3 Å². The smallest absolute Gasteiger partial charge is 0.0726 e. The largest absolute Gasteiger partial charge is 0.389 e. The van der Waals surface area contributed by atoms with Crippen molar-refractivity contribution in [2.24, 2.45) is 33.3 Å². The zero-order valence-electron chi connectivity index (χ0n) is 15.6. The third-order valence-electron chi connectivity index (χ3n) is 7.62. The van der Waals surface area contributed by atoms with Gasteiger partial charge in [-0.1, -0.05) is 62.3 Å². The SMILES string of the molecule is CC(C)(C)[C@@H]1C(C)(C)C(C)(C)[C@@](C)(N)C(C)(C)[C@@]1(C)O. The summed E-state index contributed by atoms with van der Waals surface area (Å²) in [7, 11) is 0. The van der Waals surface area contributed by atoms with Crippen LogP contribution in [-0.4, -0.2) is 16.2 Å². The second-order valence-corrected chi connectivity index (χ2v) is 10.1. The van der Waals surface area contributed by atoms with Crippen molar-refractivity contribution in [1.29, 1.82) is 0 Å². The van der Waals surface area contributed by atoms with E-state index in [9.17, 15) is 5.11 Å². The van der Waals surface area contributed by atoms with Gasteiger partial charge < -0.3 is 10.8 Å². The van der Waals surface area contributed by atoms with E-state index in [1.165, 1.54) is 0 Å². The molecular formula is C18H37NO. The molecule has 1 rings (SSSR count). The van der Waals surface area contributed by atoms with Gasteiger partial charge in [-0.05, 0) is 36.0 Å². The van der Waals surface area contributed by atoms with Gasteiger partial charge in [-0.3, -0.25) is 0 Å². The predicted octanol–water partition coefficient (Wildman–Crippen LogP) is 4.21. The molecule has 3 N–H and O–H groups in total. The minimum atomic E-state index is -0.826. The standard InChI is InChI=1S/C18H37NO/c1-13(2,3)12-14(4,5)15(6,7)18(11,19)16(8,9)17(12,10)20/h12,20H,19H2,1-11H3/t12-,17+,18-/m1/s1. The second kappa shape index (κ2) is 4.01. The van der Waals surface area contributed by atoms with Gasteiger partial charge in [0.2, 0.25) is 0 Å². The van der Waals surface area contributed by atoms with E-state index < -0.39 is 11.1 Å². The van der Waals surface area contributed by atoms with Gasteiger partial charge in [0.05, 0.1) is 5.60 Å². The highest BCUT2D eigenvalue weighted by molar-refractivity contribution is 5.24. The van der Waals surface area contributed by atoms with Crippen LogP contribution in [0.5, 0.6) is 0 Å². The van der Waals surface area contributed by atoms with Crippen LogP contribution in [0.2, 0.25) is 0 Å². The van der Waals surface area contributed by atoms with E-state index in [1.54, 1.807) is 0 Å². The summed E-state index contributed by atoms with van der Waals surface area (Å²) in [5, 5.41) is 11.5. The monoisotopic (exact) mass is 283 g/mol. The molecule has 0 spiro atoms. The summed E-state index contributed by atoms with van der Waals surface area (Å²) in [6.07, 6.45) is 0. The Morgan fingerprint density at radius 3 is 1.45 bits per heavy atom. The molecule has 1 fully saturated rings. The molecule has 0 amide bonds. The maximum atomic E-state index is 11.5. The maximum absolute atomic E-state index is 11.5. The molecule has 120 valence electrons. The van der Waals surface area contributed by atoms with Gasteiger partial charge in [0.15, 0.2) is 0 Å². The van der Waals surface area contributed by atoms with Crippen LogP contribution in [0.1, 0.15) is 76.2 Å². The first-order valence-corrected chi connectivity index (χ1v) is 7.88. The van der Waals surface area contributed by atoms with Crippen LogP contribution in [0, 0.1) is 27.6 Å². The molecule has 2 heteroatoms. The summed E-state index contributed by atoms with van der Waals surface area (Å²) < 4.78 is 0. The topological polar surface area (TPSA) is 46.2 Å². The molecule has 0 heterocycles. The molecule has 0 aromatic rings. The first-order chi connectivity index (χ1) is 8.37. The van der Waals surface area contributed by atoms with Crippen LogP contribution in [0.25, 0.3) is 0 Å². The summed E-state index contributed by atoms with van der Waals surface area (Å²) in [6, 6.07) is 0. The molecule has 0 radical (unpaired) electrons. The molecule has 0 aromatic heterocycles. The summed E-state index contributed by atoms with van der Waals surface area (Å²) >= 11 is 0. The van der Waals surface area contributed by atoms with Gasteiger partial charge in [-0.2, -0.15) is 0 Å². The van der Waals surface area contributed by atoms with Crippen LogP contribution in [-0.2, 0) is 0 Å². The number of aliphatic hydroxyl groups is 1. The molecule has 1 saturated carbocycles. The Labute approximate surface area is 126 Å². The summed E-state index contributed by atoms with van der Waals surface area (Å²) in [4.78, 5) is 0. The number of hydrogen-bond donors (Lipinski definition) is 2. The van der Waals surface area contributed by atoms with E-state index in [4.69, 9.17) is 5.73 Å². The lowest BCUT2D eigenvalue weighted by Gasteiger charge is -2.73. The van der Waals surface area contributed by atoms with Crippen molar-refractivity contribution >= 4 is 0 Å². The van der Waals surface area contributed by atoms with Crippen LogP contribution in [0.4, 0.5) is 0 Å². The highest BCUT2D eigenvalue weighted by atomic mass is 16.3. The molecule has 0 unspecified atom stereocenters. The van der Waals surface area contributed by atoms with Crippen LogP contribution in [0.3, 0.4) is 0 Å². The second-order valence-electron chi connectivity index (χ2n) is 10.1. The van der Waals surface area contributed by atoms with Crippen molar-refractivity contribution in [3.8, 4) is 0 Å². The Hall–Kier alpha value is -0.0800. The minimum Gasteiger partial charge on any atom is -0.389 e. The summed E-state index contributed by atoms with van der Waals surface area (Å²) in [5.74, 6) is 0.157. The molecule has 20 heavy (non-hydrogen) atoms. The van der Waals surface area contributed by atoms with Gasteiger partial charge in [-0.15, -0.1) is 0 Å². The van der Waals surface area contributed by atoms with E-state index in [0.29, 0.717) is 0 Å². The van der Waals surface area contributed by atoms with Gasteiger partial charge in [0.1, 0.15) is 0 Å². The first-order valence-electron chi connectivity index (χ1n) is 7.88. The van der Waals surface area contributed by atoms with Crippen molar-refractivity contribution in [3.05, 3.63) is 0 Å². The zero-order valence-corrected chi connectivity index (χ0v) is 15.6. The van der Waals surface area contributed by atoms with Crippen LogP contribution in [0.15, 0.2) is 0 Å². The van der Waals surface area contributed by atoms with E-state index >= 15 is 0 Å². The van der Waals surface area contributed by atoms with E-state index in [-0.39, 0.29) is 27.6 Å². The molecule has 0 saturated heterocycles. The lowest BCUT2D eigenvalue weighted by molar-refractivity contribution is -0.277. The summed E-state index contributed by atoms with van der Waals surface area (Å²) in [6.45, 7) is 24.1. The van der Waals surface area contributed by atoms with E-state index in [1.807, 2.05) is 6.92 Å². The molecule has 2 nitrogen and oxygen atoms in total. The zero-order chi connectivity index (χ0) is 16.6. The van der Waals surface area contributed by atoms with Crippen molar-refractivity contribution in [1.82, 2.24) is 0 Å². The fourth-order valence-electron chi connectivity index (χ4n) is 5.33. The Morgan fingerprint density at radius 2 is 1.15 bits per heavy atom. The average molecular weight is 283 g/mol. The highest BCUT2D eigenvalue weighted by Gasteiger charge is 2.72. The van der Waals surface area contributed by atoms with Crippen molar-refractivity contribution in [3.63, 3.8) is 0 Å². The third kappa shape index (κ3) is 1.76. The fraction of sp³-hybridized carbons (Fsp3) is 1.00. The maximum Gasteiger partial charge on any atom is 0.0726 e. The number of hydrogen-bond acceptors (Lipinski definition) is 2. The Bertz CT molecular complexity index is 364. The van der Waals surface area contributed by atoms with Gasteiger partial charge in [-0.25, -0.2) is 0 Å². The molecule has 0 aromatic carbocycles. The van der Waals surface area contributed by atoms with E-state index in [0.717, 1.165) is 0 Å². The van der Waals surface area contributed by atoms with Gasteiger partial charge in [0.25, 0.3) is 0 Å². The average Bonchev–Trinajstić information content (AvgIpc) is 2.11. The molecule has 0 aliphatic heterocycles. The number of nitrogens with two attached hydrogens (primary N) is 1. The Kier molecular flexibility index (Phi) is 3.60. The third-order valence-corrected chi connectivity index (χ3v) is 7.62. The minimum absolute atomic E-state index is 0.0119. The fourth-order valence-corrected chi connectivity index (χ4v) is 5.33. The number of rotatable bonds is 0. The molecule has 1 aliphatic rings. The molecular weight excluding hydrogens is 246 g/mol. The van der Waals surface area contributed by atoms with E-state index in [2.05, 4.69) is 69.2 Å². The lowest BCUT2D eigenvalue weighted by Crippen LogP contribution is -2.79. The van der Waals surface area contributed by atoms with Gasteiger partial charge >= 0.3 is 0 Å². The van der Waals surface area contributed by atoms with Crippen LogP contribution >= 0.6 is 0 Å². The normalized spacial score (nSPS) is 43.4. The highest BCUT2D eigenvalue weighted by Crippen LogP contribution is 2.69. The Morgan fingerprint density at radius 1 is 0.800 bits per heavy atom. The molecule has 3 atom stereocenters. The van der Waals surface area contributed by atoms with Crippen LogP contribution < -0.4 is 5.73 Å². The first kappa shape index (κ1) is 18.0. The summed E-state index contributed by atoms with van der Waals surface area (Å²) in [5.41, 5.74) is 5.01. The van der Waals surface area contributed by atoms with Crippen molar-refractivity contribution in [2.75, 3.05) is 0 Å². The lowest BCUT2D eigenvalue weighted by atomic mass is 9.34.